The minimum absolute atomic E-state index is 0.621. The summed E-state index contributed by atoms with van der Waals surface area (Å²) in [6.45, 7) is 11.2. The molecule has 1 aromatic heterocycles. The summed E-state index contributed by atoms with van der Waals surface area (Å²) < 4.78 is 2.49. The minimum Gasteiger partial charge on any atom is -0.387 e. The molecule has 0 unspecified atom stereocenters. The highest BCUT2D eigenvalue weighted by atomic mass is 15.1. The first-order valence-corrected chi connectivity index (χ1v) is 17.3. The van der Waals surface area contributed by atoms with Crippen LogP contribution >= 0.6 is 0 Å². The number of piperidine rings is 1. The van der Waals surface area contributed by atoms with Gasteiger partial charge in [0.05, 0.1) is 11.2 Å². The van der Waals surface area contributed by atoms with Gasteiger partial charge in [-0.05, 0) is 128 Å². The third-order valence-corrected chi connectivity index (χ3v) is 10.6. The van der Waals surface area contributed by atoms with Crippen LogP contribution in [0.3, 0.4) is 0 Å². The van der Waals surface area contributed by atoms with Gasteiger partial charge in [-0.15, -0.1) is 0 Å². The molecule has 1 aliphatic heterocycles. The topological polar surface area (TPSA) is 46.5 Å². The molecule has 1 aliphatic carbocycles. The summed E-state index contributed by atoms with van der Waals surface area (Å²) in [5.41, 5.74) is 19.2. The van der Waals surface area contributed by atoms with Crippen molar-refractivity contribution in [3.63, 3.8) is 0 Å². The molecule has 2 N–H and O–H groups in total. The Balaban J connectivity index is 1.31. The maximum atomic E-state index is 6.68. The molecular weight excluding hydrogens is 560 g/mol. The van der Waals surface area contributed by atoms with Crippen molar-refractivity contribution >= 4 is 38.8 Å². The number of nitrogens with two attached hydrogens (primary N) is 1. The number of amidine groups is 1. The van der Waals surface area contributed by atoms with Crippen molar-refractivity contribution in [2.75, 3.05) is 18.0 Å². The van der Waals surface area contributed by atoms with Gasteiger partial charge in [0.2, 0.25) is 0 Å². The molecule has 5 aromatic rings. The Morgan fingerprint density at radius 2 is 1.52 bits per heavy atom. The first kappa shape index (κ1) is 30.3. The van der Waals surface area contributed by atoms with Crippen LogP contribution in [0.2, 0.25) is 0 Å². The number of aryl methyl sites for hydroxylation is 2. The number of benzene rings is 4. The lowest BCUT2D eigenvalue weighted by molar-refractivity contribution is 0.314. The van der Waals surface area contributed by atoms with Crippen LogP contribution in [-0.2, 0) is 12.8 Å². The molecule has 4 heteroatoms. The number of aliphatic imine (C=N–C) groups is 1. The Hall–Kier alpha value is -4.31. The molecule has 4 aromatic carbocycles. The zero-order valence-electron chi connectivity index (χ0n) is 28.1. The molecule has 2 fully saturated rings. The average Bonchev–Trinajstić information content (AvgIpc) is 3.35. The van der Waals surface area contributed by atoms with Crippen LogP contribution in [0.4, 0.5) is 5.69 Å². The Kier molecular flexibility index (Phi) is 8.46. The largest absolute Gasteiger partial charge is 0.387 e. The van der Waals surface area contributed by atoms with Gasteiger partial charge in [0.1, 0.15) is 5.84 Å². The number of aromatic nitrogens is 1. The Bertz CT molecular complexity index is 1940. The van der Waals surface area contributed by atoms with Crippen LogP contribution in [0, 0.1) is 19.8 Å². The number of hydrogen-bond acceptors (Lipinski definition) is 2. The van der Waals surface area contributed by atoms with Crippen LogP contribution in [-0.4, -0.2) is 23.5 Å². The monoisotopic (exact) mass is 608 g/mol. The Morgan fingerprint density at radius 1 is 0.804 bits per heavy atom. The molecule has 4 nitrogen and oxygen atoms in total. The molecule has 2 aliphatic rings. The molecule has 0 amide bonds. The highest BCUT2D eigenvalue weighted by molar-refractivity contribution is 5.96. The summed E-state index contributed by atoms with van der Waals surface area (Å²) in [7, 11) is 0. The van der Waals surface area contributed by atoms with E-state index < -0.39 is 0 Å². The van der Waals surface area contributed by atoms with E-state index in [-0.39, 0.29) is 0 Å². The van der Waals surface area contributed by atoms with E-state index in [1.54, 1.807) is 0 Å². The number of hydrogen-bond donors (Lipinski definition) is 1. The maximum Gasteiger partial charge on any atom is 0.104 e. The van der Waals surface area contributed by atoms with Gasteiger partial charge in [0.25, 0.3) is 0 Å². The number of allylic oxidation sites excluding steroid dienone is 2. The van der Waals surface area contributed by atoms with Crippen LogP contribution < -0.4 is 10.6 Å². The molecule has 0 spiro atoms. The van der Waals surface area contributed by atoms with Crippen LogP contribution in [0.5, 0.6) is 0 Å². The Labute approximate surface area is 274 Å². The van der Waals surface area contributed by atoms with E-state index >= 15 is 0 Å². The maximum absolute atomic E-state index is 6.68. The second kappa shape index (κ2) is 12.8. The van der Waals surface area contributed by atoms with Crippen molar-refractivity contribution in [3.05, 3.63) is 113 Å². The van der Waals surface area contributed by atoms with Gasteiger partial charge >= 0.3 is 0 Å². The molecular formula is C42H48N4. The van der Waals surface area contributed by atoms with E-state index in [4.69, 9.17) is 10.7 Å². The molecule has 2 heterocycles. The van der Waals surface area contributed by atoms with Crippen molar-refractivity contribution in [1.82, 2.24) is 4.57 Å². The molecule has 1 saturated heterocycles. The quantitative estimate of drug-likeness (QED) is 0.141. The average molecular weight is 609 g/mol. The predicted octanol–water partition coefficient (Wildman–Crippen LogP) is 10.1. The number of nitrogens with zero attached hydrogens (tertiary/aromatic N) is 3. The van der Waals surface area contributed by atoms with Crippen LogP contribution in [0.15, 0.2) is 89.6 Å². The summed E-state index contributed by atoms with van der Waals surface area (Å²) in [4.78, 5) is 7.56. The van der Waals surface area contributed by atoms with Gasteiger partial charge in [-0.2, -0.15) is 0 Å². The van der Waals surface area contributed by atoms with Gasteiger partial charge in [0.15, 0.2) is 0 Å². The number of rotatable bonds is 8. The minimum atomic E-state index is 0.621. The fourth-order valence-electron chi connectivity index (χ4n) is 7.82. The van der Waals surface area contributed by atoms with Crippen LogP contribution in [0.1, 0.15) is 80.3 Å². The van der Waals surface area contributed by atoms with Crippen molar-refractivity contribution in [2.45, 2.75) is 79.1 Å². The van der Waals surface area contributed by atoms with E-state index in [0.29, 0.717) is 12.3 Å². The summed E-state index contributed by atoms with van der Waals surface area (Å²) in [5, 5.41) is 3.82. The van der Waals surface area contributed by atoms with Gasteiger partial charge in [-0.1, -0.05) is 67.8 Å². The lowest BCUT2D eigenvalue weighted by atomic mass is 9.80. The molecule has 0 radical (unpaired) electrons. The van der Waals surface area contributed by atoms with E-state index in [2.05, 4.69) is 116 Å². The van der Waals surface area contributed by atoms with Gasteiger partial charge in [-0.3, -0.25) is 0 Å². The smallest absolute Gasteiger partial charge is 0.104 e. The summed E-state index contributed by atoms with van der Waals surface area (Å²) >= 11 is 0. The van der Waals surface area contributed by atoms with Crippen molar-refractivity contribution in [1.29, 1.82) is 0 Å². The molecule has 0 bridgehead atoms. The molecule has 46 heavy (non-hydrogen) atoms. The molecule has 236 valence electrons. The van der Waals surface area contributed by atoms with E-state index in [1.807, 2.05) is 0 Å². The standard InChI is InChI=1S/C42H48N4/c1-28-24-33(25-32-12-10-13-32)26-39-30(3)42(46(41(28)39)37-20-18-36(19-21-37)45-22-8-5-9-23-45)29(2)31(4)44-40(43)27-35-16-11-15-34-14-6-7-17-38(34)35/h6-7,11,14-21,24,26,32H,5,8-10,12-13,22-23,25,27H2,1-4H3,(H2,43,44)/b31-29-. The normalized spacial score (nSPS) is 16.6. The van der Waals surface area contributed by atoms with E-state index in [1.165, 1.54) is 106 Å². The SMILES string of the molecule is C/C(N=C(N)Cc1cccc2ccccc12)=C(\C)c1c(C)c2cc(CC3CCC3)cc(C)c2n1-c1ccc(N2CCCCC2)cc1. The fraction of sp³-hybridized carbons (Fsp3) is 0.357. The third kappa shape index (κ3) is 5.86. The number of fused-ring (bicyclic) bond motifs is 2. The van der Waals surface area contributed by atoms with E-state index in [0.717, 1.165) is 30.3 Å². The highest BCUT2D eigenvalue weighted by Crippen LogP contribution is 2.39. The zero-order valence-corrected chi connectivity index (χ0v) is 28.1. The fourth-order valence-corrected chi connectivity index (χ4v) is 7.82. The predicted molar refractivity (Wildman–Crippen MR) is 197 cm³/mol. The third-order valence-electron chi connectivity index (χ3n) is 10.6. The van der Waals surface area contributed by atoms with E-state index in [9.17, 15) is 0 Å². The first-order chi connectivity index (χ1) is 22.4. The van der Waals surface area contributed by atoms with Crippen molar-refractivity contribution in [3.8, 4) is 5.69 Å². The van der Waals surface area contributed by atoms with Gasteiger partial charge in [0, 0.05) is 42.0 Å². The second-order valence-corrected chi connectivity index (χ2v) is 13.8. The van der Waals surface area contributed by atoms with Gasteiger partial charge in [-0.25, -0.2) is 4.99 Å². The number of anilines is 1. The summed E-state index contributed by atoms with van der Waals surface area (Å²) in [6, 6.07) is 29.1. The molecule has 0 atom stereocenters. The molecule has 7 rings (SSSR count). The highest BCUT2D eigenvalue weighted by Gasteiger charge is 2.23. The second-order valence-electron chi connectivity index (χ2n) is 13.8. The summed E-state index contributed by atoms with van der Waals surface area (Å²) in [5.74, 6) is 1.47. The summed E-state index contributed by atoms with van der Waals surface area (Å²) in [6.07, 6.45) is 9.82. The molecule has 1 saturated carbocycles. The lowest BCUT2D eigenvalue weighted by Crippen LogP contribution is -2.29. The first-order valence-electron chi connectivity index (χ1n) is 17.3. The van der Waals surface area contributed by atoms with Crippen molar-refractivity contribution < 1.29 is 0 Å². The van der Waals surface area contributed by atoms with Gasteiger partial charge < -0.3 is 15.2 Å². The zero-order chi connectivity index (χ0) is 31.8. The van der Waals surface area contributed by atoms with Crippen LogP contribution in [0.25, 0.3) is 32.9 Å². The van der Waals surface area contributed by atoms with Crippen molar-refractivity contribution in [2.24, 2.45) is 16.6 Å². The Morgan fingerprint density at radius 3 is 2.26 bits per heavy atom. The lowest BCUT2D eigenvalue weighted by Gasteiger charge is -2.29.